The largest absolute Gasteiger partial charge is 0.490 e. The summed E-state index contributed by atoms with van der Waals surface area (Å²) < 4.78 is 17.9. The highest BCUT2D eigenvalue weighted by atomic mass is 16.5. The van der Waals surface area contributed by atoms with Crippen molar-refractivity contribution in [3.05, 3.63) is 81.9 Å². The predicted molar refractivity (Wildman–Crippen MR) is 159 cm³/mol. The van der Waals surface area contributed by atoms with Gasteiger partial charge in [0.1, 0.15) is 24.2 Å². The van der Waals surface area contributed by atoms with E-state index in [-0.39, 0.29) is 23.4 Å². The molecule has 2 fully saturated rings. The van der Waals surface area contributed by atoms with Gasteiger partial charge < -0.3 is 14.2 Å². The Kier molecular flexibility index (Phi) is 7.06. The van der Waals surface area contributed by atoms with Gasteiger partial charge in [-0.1, -0.05) is 31.2 Å². The maximum atomic E-state index is 12.3. The molecule has 3 aromatic carbocycles. The summed E-state index contributed by atoms with van der Waals surface area (Å²) in [4.78, 5) is 12.3. The topological polar surface area (TPSA) is 68.6 Å². The van der Waals surface area contributed by atoms with E-state index in [1.165, 1.54) is 38.9 Å². The summed E-state index contributed by atoms with van der Waals surface area (Å²) in [6.07, 6.45) is 3.49. The molecule has 2 saturated carbocycles. The zero-order valence-corrected chi connectivity index (χ0v) is 24.8. The molecule has 0 spiro atoms. The number of nitriles is 1. The summed E-state index contributed by atoms with van der Waals surface area (Å²) in [5.41, 5.74) is 9.43. The van der Waals surface area contributed by atoms with Crippen molar-refractivity contribution in [2.75, 3.05) is 6.61 Å². The summed E-state index contributed by atoms with van der Waals surface area (Å²) in [6.45, 7) is 11.2. The van der Waals surface area contributed by atoms with Crippen molar-refractivity contribution < 1.29 is 19.0 Å². The van der Waals surface area contributed by atoms with Crippen LogP contribution in [0.5, 0.6) is 11.5 Å². The SMILES string of the molecule is CCOC(=O)C1C2Cc3cc(OCc4cccc(-c5c(C)cc(OC6CC(C)(C#N)C6)cc5C)c4)c(CC)cc3C21. The number of esters is 1. The van der Waals surface area contributed by atoms with E-state index >= 15 is 0 Å². The molecule has 3 aliphatic rings. The van der Waals surface area contributed by atoms with Crippen LogP contribution < -0.4 is 9.47 Å². The van der Waals surface area contributed by atoms with E-state index < -0.39 is 0 Å². The lowest BCUT2D eigenvalue weighted by Gasteiger charge is -2.39. The molecule has 0 heterocycles. The Balaban J connectivity index is 1.15. The molecule has 0 N–H and O–H groups in total. The van der Waals surface area contributed by atoms with Gasteiger partial charge in [0.25, 0.3) is 0 Å². The van der Waals surface area contributed by atoms with Crippen LogP contribution in [-0.2, 0) is 29.0 Å². The fourth-order valence-corrected chi connectivity index (χ4v) is 7.19. The van der Waals surface area contributed by atoms with Crippen molar-refractivity contribution >= 4 is 5.97 Å². The van der Waals surface area contributed by atoms with Crippen molar-refractivity contribution in [2.24, 2.45) is 17.3 Å². The summed E-state index contributed by atoms with van der Waals surface area (Å²) in [5, 5.41) is 9.29. The monoisotopic (exact) mass is 549 g/mol. The third kappa shape index (κ3) is 5.10. The van der Waals surface area contributed by atoms with Crippen molar-refractivity contribution in [2.45, 2.75) is 78.9 Å². The Bertz CT molecular complexity index is 1520. The first-order chi connectivity index (χ1) is 19.7. The van der Waals surface area contributed by atoms with E-state index in [0.29, 0.717) is 25.0 Å². The van der Waals surface area contributed by atoms with Crippen molar-refractivity contribution in [3.8, 4) is 28.7 Å². The molecule has 212 valence electrons. The van der Waals surface area contributed by atoms with Crippen LogP contribution in [0.4, 0.5) is 0 Å². The molecule has 3 aromatic rings. The Morgan fingerprint density at radius 1 is 1.07 bits per heavy atom. The third-order valence-electron chi connectivity index (χ3n) is 9.29. The van der Waals surface area contributed by atoms with Crippen LogP contribution >= 0.6 is 0 Å². The first-order valence-corrected chi connectivity index (χ1v) is 15.0. The van der Waals surface area contributed by atoms with E-state index in [1.54, 1.807) is 0 Å². The molecule has 3 unspecified atom stereocenters. The van der Waals surface area contributed by atoms with Crippen molar-refractivity contribution in [1.29, 1.82) is 5.26 Å². The van der Waals surface area contributed by atoms with E-state index in [9.17, 15) is 10.1 Å². The minimum absolute atomic E-state index is 0.0341. The molecule has 3 aliphatic carbocycles. The van der Waals surface area contributed by atoms with Crippen LogP contribution in [-0.4, -0.2) is 18.7 Å². The second-order valence-electron chi connectivity index (χ2n) is 12.4. The maximum Gasteiger partial charge on any atom is 0.309 e. The molecular formula is C36H39NO4. The zero-order valence-electron chi connectivity index (χ0n) is 24.8. The van der Waals surface area contributed by atoms with E-state index in [4.69, 9.17) is 14.2 Å². The van der Waals surface area contributed by atoms with Crippen molar-refractivity contribution in [3.63, 3.8) is 0 Å². The predicted octanol–water partition coefficient (Wildman–Crippen LogP) is 7.63. The standard InChI is InChI=1S/C36H39NO4/c1-6-24-14-29-26(15-30-33(29)34(30)35(38)39-7-2)16-31(24)40-19-23-9-8-10-25(13-23)32-21(3)11-27(12-22(32)4)41-28-17-36(5,18-28)20-37/h8-14,16,28,30,33-34H,6-7,15,17-19H2,1-5H3. The van der Waals surface area contributed by atoms with Crippen LogP contribution in [0.1, 0.15) is 72.9 Å². The number of carbonyl (C=O) groups excluding carboxylic acids is 1. The van der Waals surface area contributed by atoms with Gasteiger partial charge in [-0.05, 0) is 115 Å². The lowest BCUT2D eigenvalue weighted by atomic mass is 9.69. The first-order valence-electron chi connectivity index (χ1n) is 15.0. The average Bonchev–Trinajstić information content (AvgIpc) is 3.53. The minimum atomic E-state index is -0.248. The number of rotatable bonds is 9. The lowest BCUT2D eigenvalue weighted by molar-refractivity contribution is -0.145. The molecule has 0 aromatic heterocycles. The molecule has 0 amide bonds. The number of fused-ring (bicyclic) bond motifs is 3. The first kappa shape index (κ1) is 27.4. The number of aryl methyl sites for hydroxylation is 3. The van der Waals surface area contributed by atoms with Gasteiger partial charge in [-0.25, -0.2) is 0 Å². The number of nitrogens with zero attached hydrogens (tertiary/aromatic N) is 1. The molecule has 0 radical (unpaired) electrons. The maximum absolute atomic E-state index is 12.3. The highest BCUT2D eigenvalue weighted by Crippen LogP contribution is 2.62. The van der Waals surface area contributed by atoms with E-state index in [0.717, 1.165) is 42.7 Å². The molecule has 0 bridgehead atoms. The van der Waals surface area contributed by atoms with Crippen LogP contribution in [0.2, 0.25) is 0 Å². The van der Waals surface area contributed by atoms with Gasteiger partial charge in [-0.2, -0.15) is 5.26 Å². The van der Waals surface area contributed by atoms with Gasteiger partial charge in [-0.15, -0.1) is 0 Å². The average molecular weight is 550 g/mol. The minimum Gasteiger partial charge on any atom is -0.490 e. The molecule has 41 heavy (non-hydrogen) atoms. The summed E-state index contributed by atoms with van der Waals surface area (Å²) in [7, 11) is 0. The van der Waals surface area contributed by atoms with Crippen LogP contribution in [0.25, 0.3) is 11.1 Å². The Morgan fingerprint density at radius 3 is 2.51 bits per heavy atom. The number of hydrogen-bond acceptors (Lipinski definition) is 5. The molecular weight excluding hydrogens is 510 g/mol. The number of ether oxygens (including phenoxy) is 3. The Morgan fingerprint density at radius 2 is 1.83 bits per heavy atom. The van der Waals surface area contributed by atoms with Gasteiger partial charge in [0.2, 0.25) is 0 Å². The smallest absolute Gasteiger partial charge is 0.309 e. The second kappa shape index (κ2) is 10.6. The highest BCUT2D eigenvalue weighted by Gasteiger charge is 2.60. The van der Waals surface area contributed by atoms with Gasteiger partial charge >= 0.3 is 5.97 Å². The third-order valence-corrected chi connectivity index (χ3v) is 9.29. The quantitative estimate of drug-likeness (QED) is 0.257. The normalized spacial score (nSPS) is 25.4. The summed E-state index contributed by atoms with van der Waals surface area (Å²) >= 11 is 0. The Labute approximate surface area is 243 Å². The Hall–Kier alpha value is -3.78. The summed E-state index contributed by atoms with van der Waals surface area (Å²) in [5.74, 6) is 2.52. The number of hydrogen-bond donors (Lipinski definition) is 0. The molecule has 3 atom stereocenters. The number of benzene rings is 3. The highest BCUT2D eigenvalue weighted by molar-refractivity contribution is 5.80. The molecule has 0 saturated heterocycles. The molecule has 6 rings (SSSR count). The fraction of sp³-hybridized carbons (Fsp3) is 0.444. The molecule has 5 heteroatoms. The molecule has 0 aliphatic heterocycles. The van der Waals surface area contributed by atoms with Crippen molar-refractivity contribution in [1.82, 2.24) is 0 Å². The van der Waals surface area contributed by atoms with Crippen LogP contribution in [0, 0.1) is 42.4 Å². The van der Waals surface area contributed by atoms with Gasteiger partial charge in [0, 0.05) is 18.8 Å². The second-order valence-corrected chi connectivity index (χ2v) is 12.4. The van der Waals surface area contributed by atoms with E-state index in [1.807, 2.05) is 13.8 Å². The fourth-order valence-electron chi connectivity index (χ4n) is 7.19. The van der Waals surface area contributed by atoms with Gasteiger partial charge in [0.15, 0.2) is 0 Å². The van der Waals surface area contributed by atoms with Gasteiger partial charge in [-0.3, -0.25) is 4.79 Å². The number of carbonyl (C=O) groups is 1. The van der Waals surface area contributed by atoms with Crippen LogP contribution in [0.3, 0.4) is 0 Å². The zero-order chi connectivity index (χ0) is 28.9. The summed E-state index contributed by atoms with van der Waals surface area (Å²) in [6, 6.07) is 19.7. The lowest BCUT2D eigenvalue weighted by Crippen LogP contribution is -2.41. The molecule has 5 nitrogen and oxygen atoms in total. The van der Waals surface area contributed by atoms with Crippen LogP contribution in [0.15, 0.2) is 48.5 Å². The van der Waals surface area contributed by atoms with Gasteiger partial charge in [0.05, 0.1) is 24.0 Å². The van der Waals surface area contributed by atoms with E-state index in [2.05, 4.69) is 75.4 Å².